The van der Waals surface area contributed by atoms with Crippen LogP contribution in [0.4, 0.5) is 0 Å². The number of nitrogens with one attached hydrogen (secondary N) is 2. The SMILES string of the molecule is CCOc1cc(/C=N\NC(=O)C[C@H](NC(=O)c2ccccc2)c2ccccc2)ccc1OCC(=O)O. The van der Waals surface area contributed by atoms with E-state index in [4.69, 9.17) is 14.6 Å². The summed E-state index contributed by atoms with van der Waals surface area (Å²) in [5.74, 6) is -1.11. The van der Waals surface area contributed by atoms with Crippen molar-refractivity contribution in [2.75, 3.05) is 13.2 Å². The van der Waals surface area contributed by atoms with Gasteiger partial charge in [0.15, 0.2) is 18.1 Å². The maximum atomic E-state index is 12.7. The van der Waals surface area contributed by atoms with Gasteiger partial charge < -0.3 is 19.9 Å². The van der Waals surface area contributed by atoms with Gasteiger partial charge in [0, 0.05) is 5.56 Å². The van der Waals surface area contributed by atoms with Crippen LogP contribution in [0.15, 0.2) is 84.0 Å². The van der Waals surface area contributed by atoms with Crippen LogP contribution in [0.5, 0.6) is 11.5 Å². The number of rotatable bonds is 12. The first kappa shape index (κ1) is 26.0. The largest absolute Gasteiger partial charge is 0.490 e. The topological polar surface area (TPSA) is 126 Å². The van der Waals surface area contributed by atoms with Gasteiger partial charge in [-0.15, -0.1) is 0 Å². The van der Waals surface area contributed by atoms with Crippen molar-refractivity contribution in [3.63, 3.8) is 0 Å². The molecule has 3 rings (SSSR count). The fourth-order valence-corrected chi connectivity index (χ4v) is 3.31. The highest BCUT2D eigenvalue weighted by Crippen LogP contribution is 2.28. The number of amides is 2. The first-order chi connectivity index (χ1) is 17.5. The molecule has 9 nitrogen and oxygen atoms in total. The molecule has 0 heterocycles. The standard InChI is InChI=1S/C27H27N3O6/c1-2-35-24-15-19(13-14-23(24)36-18-26(32)33)17-28-30-25(31)16-22(20-9-5-3-6-10-20)29-27(34)21-11-7-4-8-12-21/h3-15,17,22H,2,16,18H2,1H3,(H,29,34)(H,30,31)(H,32,33)/b28-17-/t22-/m0/s1. The summed E-state index contributed by atoms with van der Waals surface area (Å²) in [4.78, 5) is 36.1. The van der Waals surface area contributed by atoms with Crippen LogP contribution in [0.25, 0.3) is 0 Å². The third-order valence-electron chi connectivity index (χ3n) is 4.95. The second-order valence-electron chi connectivity index (χ2n) is 7.62. The van der Waals surface area contributed by atoms with Crippen LogP contribution >= 0.6 is 0 Å². The highest BCUT2D eigenvalue weighted by Gasteiger charge is 2.19. The molecule has 186 valence electrons. The number of hydrazone groups is 1. The Morgan fingerprint density at radius 2 is 1.64 bits per heavy atom. The van der Waals surface area contributed by atoms with E-state index in [2.05, 4.69) is 15.8 Å². The Bertz CT molecular complexity index is 1200. The average molecular weight is 490 g/mol. The van der Waals surface area contributed by atoms with Crippen LogP contribution in [0.2, 0.25) is 0 Å². The quantitative estimate of drug-likeness (QED) is 0.264. The van der Waals surface area contributed by atoms with Crippen molar-refractivity contribution in [1.82, 2.24) is 10.7 Å². The van der Waals surface area contributed by atoms with Crippen molar-refractivity contribution in [3.8, 4) is 11.5 Å². The van der Waals surface area contributed by atoms with Gasteiger partial charge in [0.2, 0.25) is 5.91 Å². The summed E-state index contributed by atoms with van der Waals surface area (Å²) < 4.78 is 10.7. The summed E-state index contributed by atoms with van der Waals surface area (Å²) in [6, 6.07) is 22.3. The fourth-order valence-electron chi connectivity index (χ4n) is 3.31. The molecule has 0 unspecified atom stereocenters. The predicted molar refractivity (Wildman–Crippen MR) is 134 cm³/mol. The second kappa shape index (κ2) is 13.3. The zero-order chi connectivity index (χ0) is 25.8. The molecule has 0 spiro atoms. The van der Waals surface area contributed by atoms with Gasteiger partial charge in [0.25, 0.3) is 5.91 Å². The lowest BCUT2D eigenvalue weighted by Gasteiger charge is -2.18. The molecule has 9 heteroatoms. The van der Waals surface area contributed by atoms with Crippen LogP contribution in [-0.4, -0.2) is 42.3 Å². The molecular weight excluding hydrogens is 462 g/mol. The summed E-state index contributed by atoms with van der Waals surface area (Å²) >= 11 is 0. The van der Waals surface area contributed by atoms with Crippen LogP contribution in [0.3, 0.4) is 0 Å². The molecule has 0 aliphatic heterocycles. The van der Waals surface area contributed by atoms with E-state index in [-0.39, 0.29) is 18.2 Å². The van der Waals surface area contributed by atoms with Gasteiger partial charge in [-0.3, -0.25) is 9.59 Å². The number of benzene rings is 3. The minimum absolute atomic E-state index is 0.0217. The van der Waals surface area contributed by atoms with E-state index in [0.717, 1.165) is 5.56 Å². The minimum Gasteiger partial charge on any atom is -0.490 e. The van der Waals surface area contributed by atoms with E-state index in [1.54, 1.807) is 49.4 Å². The molecule has 1 atom stereocenters. The van der Waals surface area contributed by atoms with E-state index in [1.165, 1.54) is 6.21 Å². The molecule has 0 aliphatic rings. The van der Waals surface area contributed by atoms with E-state index in [0.29, 0.717) is 29.2 Å². The Kier molecular flexibility index (Phi) is 9.58. The molecular formula is C27H27N3O6. The van der Waals surface area contributed by atoms with Crippen LogP contribution in [-0.2, 0) is 9.59 Å². The monoisotopic (exact) mass is 489 g/mol. The van der Waals surface area contributed by atoms with Gasteiger partial charge >= 0.3 is 5.97 Å². The normalized spacial score (nSPS) is 11.5. The maximum Gasteiger partial charge on any atom is 0.341 e. The lowest BCUT2D eigenvalue weighted by atomic mass is 10.0. The summed E-state index contributed by atoms with van der Waals surface area (Å²) in [7, 11) is 0. The van der Waals surface area contributed by atoms with Gasteiger partial charge in [0.05, 0.1) is 25.3 Å². The summed E-state index contributed by atoms with van der Waals surface area (Å²) in [5.41, 5.74) is 4.38. The highest BCUT2D eigenvalue weighted by atomic mass is 16.5. The molecule has 36 heavy (non-hydrogen) atoms. The number of aliphatic carboxylic acids is 1. The Morgan fingerprint density at radius 1 is 0.944 bits per heavy atom. The number of carboxylic acids is 1. The molecule has 0 radical (unpaired) electrons. The number of hydrogen-bond donors (Lipinski definition) is 3. The lowest BCUT2D eigenvalue weighted by Crippen LogP contribution is -2.32. The smallest absolute Gasteiger partial charge is 0.341 e. The van der Waals surface area contributed by atoms with E-state index >= 15 is 0 Å². The maximum absolute atomic E-state index is 12.7. The van der Waals surface area contributed by atoms with E-state index in [9.17, 15) is 14.4 Å². The van der Waals surface area contributed by atoms with Crippen molar-refractivity contribution >= 4 is 24.0 Å². The number of carboxylic acid groups (broad SMARTS) is 1. The van der Waals surface area contributed by atoms with Gasteiger partial charge in [-0.1, -0.05) is 48.5 Å². The third kappa shape index (κ3) is 7.98. The van der Waals surface area contributed by atoms with Gasteiger partial charge in [-0.25, -0.2) is 10.2 Å². The molecule has 0 saturated heterocycles. The summed E-state index contributed by atoms with van der Waals surface area (Å²) in [6.07, 6.45) is 1.41. The van der Waals surface area contributed by atoms with Gasteiger partial charge in [-0.2, -0.15) is 5.10 Å². The first-order valence-electron chi connectivity index (χ1n) is 11.3. The van der Waals surface area contributed by atoms with E-state index in [1.807, 2.05) is 36.4 Å². The predicted octanol–water partition coefficient (Wildman–Crippen LogP) is 3.56. The first-order valence-corrected chi connectivity index (χ1v) is 11.3. The van der Waals surface area contributed by atoms with Crippen molar-refractivity contribution in [3.05, 3.63) is 95.6 Å². The molecule has 3 N–H and O–H groups in total. The number of carbonyl (C=O) groups excluding carboxylic acids is 2. The molecule has 0 saturated carbocycles. The van der Waals surface area contributed by atoms with Crippen LogP contribution in [0, 0.1) is 0 Å². The molecule has 0 aliphatic carbocycles. The number of ether oxygens (including phenoxy) is 2. The second-order valence-corrected chi connectivity index (χ2v) is 7.62. The van der Waals surface area contributed by atoms with Gasteiger partial charge in [-0.05, 0) is 48.4 Å². The van der Waals surface area contributed by atoms with Gasteiger partial charge in [0.1, 0.15) is 0 Å². The number of nitrogens with zero attached hydrogens (tertiary/aromatic N) is 1. The Hall–Kier alpha value is -4.66. The fraction of sp³-hybridized carbons (Fsp3) is 0.185. The molecule has 3 aromatic rings. The lowest BCUT2D eigenvalue weighted by molar-refractivity contribution is -0.139. The van der Waals surface area contributed by atoms with E-state index < -0.39 is 18.6 Å². The van der Waals surface area contributed by atoms with Crippen molar-refractivity contribution < 1.29 is 29.0 Å². The number of hydrogen-bond acceptors (Lipinski definition) is 6. The Labute approximate surface area is 208 Å². The average Bonchev–Trinajstić information content (AvgIpc) is 2.89. The third-order valence-corrected chi connectivity index (χ3v) is 4.95. The minimum atomic E-state index is -1.10. The van der Waals surface area contributed by atoms with Crippen molar-refractivity contribution in [1.29, 1.82) is 0 Å². The molecule has 0 bridgehead atoms. The molecule has 3 aromatic carbocycles. The zero-order valence-electron chi connectivity index (χ0n) is 19.7. The Balaban J connectivity index is 1.65. The molecule has 2 amide bonds. The molecule has 0 aromatic heterocycles. The van der Waals surface area contributed by atoms with Crippen LogP contribution in [0.1, 0.15) is 40.9 Å². The van der Waals surface area contributed by atoms with Crippen LogP contribution < -0.4 is 20.2 Å². The zero-order valence-corrected chi connectivity index (χ0v) is 19.7. The number of carbonyl (C=O) groups is 3. The highest BCUT2D eigenvalue weighted by molar-refractivity contribution is 5.94. The Morgan fingerprint density at radius 3 is 2.31 bits per heavy atom. The summed E-state index contributed by atoms with van der Waals surface area (Å²) in [6.45, 7) is 1.66. The van der Waals surface area contributed by atoms with Crippen molar-refractivity contribution in [2.24, 2.45) is 5.10 Å². The summed E-state index contributed by atoms with van der Waals surface area (Å²) in [5, 5.41) is 15.7. The van der Waals surface area contributed by atoms with Crippen molar-refractivity contribution in [2.45, 2.75) is 19.4 Å². The molecule has 0 fully saturated rings.